The van der Waals surface area contributed by atoms with Crippen LogP contribution in [0.15, 0.2) is 0 Å². The molecular weight excluding hydrogens is 256 g/mol. The van der Waals surface area contributed by atoms with Gasteiger partial charge < -0.3 is 5.73 Å². The fraction of sp³-hybridized carbons (Fsp3) is 1.00. The van der Waals surface area contributed by atoms with E-state index in [-0.39, 0.29) is 0 Å². The van der Waals surface area contributed by atoms with Gasteiger partial charge in [-0.15, -0.1) is 0 Å². The summed E-state index contributed by atoms with van der Waals surface area (Å²) in [7, 11) is 0. The van der Waals surface area contributed by atoms with Crippen LogP contribution in [-0.2, 0) is 0 Å². The third-order valence-corrected chi connectivity index (χ3v) is 5.80. The number of nitrogens with two attached hydrogens (primary N) is 1. The third-order valence-electron chi connectivity index (χ3n) is 5.80. The summed E-state index contributed by atoms with van der Waals surface area (Å²) >= 11 is 0. The Labute approximate surface area is 132 Å². The Morgan fingerprint density at radius 3 is 2.00 bits per heavy atom. The normalized spacial score (nSPS) is 35.4. The lowest BCUT2D eigenvalue weighted by Crippen LogP contribution is -2.48. The number of likely N-dealkylation sites (tertiary alicyclic amines) is 1. The summed E-state index contributed by atoms with van der Waals surface area (Å²) in [5, 5.41) is 0. The summed E-state index contributed by atoms with van der Waals surface area (Å²) in [5.41, 5.74) is 6.63. The molecule has 0 spiro atoms. The zero-order valence-corrected chi connectivity index (χ0v) is 14.4. The summed E-state index contributed by atoms with van der Waals surface area (Å²) in [4.78, 5) is 2.76. The van der Waals surface area contributed by atoms with Gasteiger partial charge in [0, 0.05) is 12.1 Å². The molecule has 0 amide bonds. The van der Waals surface area contributed by atoms with Crippen molar-refractivity contribution in [3.05, 3.63) is 0 Å². The lowest BCUT2D eigenvalue weighted by Gasteiger charge is -2.35. The van der Waals surface area contributed by atoms with Crippen LogP contribution < -0.4 is 5.73 Å². The van der Waals surface area contributed by atoms with Gasteiger partial charge in [-0.05, 0) is 51.1 Å². The molecular formula is C19H38N2. The van der Waals surface area contributed by atoms with E-state index in [1.165, 1.54) is 96.6 Å². The molecule has 3 atom stereocenters. The number of rotatable bonds is 1. The molecule has 2 aliphatic rings. The molecule has 0 aromatic heterocycles. The largest absolute Gasteiger partial charge is 0.326 e. The highest BCUT2D eigenvalue weighted by Crippen LogP contribution is 2.24. The first kappa shape index (κ1) is 17.3. The zero-order chi connectivity index (χ0) is 14.9. The summed E-state index contributed by atoms with van der Waals surface area (Å²) < 4.78 is 0. The molecule has 0 aromatic rings. The molecule has 2 rings (SSSR count). The molecule has 21 heavy (non-hydrogen) atoms. The van der Waals surface area contributed by atoms with E-state index < -0.39 is 0 Å². The molecule has 124 valence electrons. The SMILES string of the molecule is CC1CCCN(C2CCCCCCCCCCC2N)CC1. The Morgan fingerprint density at radius 1 is 0.667 bits per heavy atom. The summed E-state index contributed by atoms with van der Waals surface area (Å²) in [6, 6.07) is 1.08. The van der Waals surface area contributed by atoms with Crippen LogP contribution in [0.5, 0.6) is 0 Å². The Kier molecular flexibility index (Phi) is 8.10. The maximum absolute atomic E-state index is 6.63. The molecule has 2 nitrogen and oxygen atoms in total. The molecule has 0 aromatic carbocycles. The van der Waals surface area contributed by atoms with E-state index in [1.807, 2.05) is 0 Å². The van der Waals surface area contributed by atoms with Crippen molar-refractivity contribution in [3.8, 4) is 0 Å². The average molecular weight is 295 g/mol. The van der Waals surface area contributed by atoms with Crippen molar-refractivity contribution in [2.45, 2.75) is 102 Å². The van der Waals surface area contributed by atoms with Gasteiger partial charge in [0.05, 0.1) is 0 Å². The van der Waals surface area contributed by atoms with Gasteiger partial charge in [-0.25, -0.2) is 0 Å². The molecule has 3 unspecified atom stereocenters. The van der Waals surface area contributed by atoms with Crippen LogP contribution >= 0.6 is 0 Å². The highest BCUT2D eigenvalue weighted by Gasteiger charge is 2.26. The van der Waals surface area contributed by atoms with Gasteiger partial charge in [0.2, 0.25) is 0 Å². The third kappa shape index (κ3) is 6.28. The fourth-order valence-electron chi connectivity index (χ4n) is 4.27. The smallest absolute Gasteiger partial charge is 0.0247 e. The minimum Gasteiger partial charge on any atom is -0.326 e. The van der Waals surface area contributed by atoms with Gasteiger partial charge in [0.25, 0.3) is 0 Å². The van der Waals surface area contributed by atoms with Gasteiger partial charge >= 0.3 is 0 Å². The van der Waals surface area contributed by atoms with Crippen LogP contribution in [0.4, 0.5) is 0 Å². The van der Waals surface area contributed by atoms with E-state index in [0.29, 0.717) is 12.1 Å². The quantitative estimate of drug-likeness (QED) is 0.758. The predicted octanol–water partition coefficient (Wildman–Crippen LogP) is 4.72. The maximum Gasteiger partial charge on any atom is 0.0247 e. The number of hydrogen-bond donors (Lipinski definition) is 1. The van der Waals surface area contributed by atoms with E-state index in [0.717, 1.165) is 5.92 Å². The minimum absolute atomic E-state index is 0.415. The molecule has 1 aliphatic carbocycles. The fourth-order valence-corrected chi connectivity index (χ4v) is 4.27. The van der Waals surface area contributed by atoms with Crippen molar-refractivity contribution >= 4 is 0 Å². The van der Waals surface area contributed by atoms with Crippen LogP contribution in [0, 0.1) is 5.92 Å². The first-order chi connectivity index (χ1) is 10.3. The average Bonchev–Trinajstić information content (AvgIpc) is 2.68. The van der Waals surface area contributed by atoms with Crippen LogP contribution in [0.2, 0.25) is 0 Å². The van der Waals surface area contributed by atoms with E-state index in [4.69, 9.17) is 5.73 Å². The lowest BCUT2D eigenvalue weighted by molar-refractivity contribution is 0.156. The summed E-state index contributed by atoms with van der Waals surface area (Å²) in [6.07, 6.45) is 18.1. The van der Waals surface area contributed by atoms with E-state index in [9.17, 15) is 0 Å². The van der Waals surface area contributed by atoms with E-state index >= 15 is 0 Å². The van der Waals surface area contributed by atoms with Gasteiger partial charge in [0.15, 0.2) is 0 Å². The summed E-state index contributed by atoms with van der Waals surface area (Å²) in [6.45, 7) is 5.01. The highest BCUT2D eigenvalue weighted by atomic mass is 15.2. The Bertz CT molecular complexity index is 266. The number of hydrogen-bond acceptors (Lipinski definition) is 2. The Morgan fingerprint density at radius 2 is 1.29 bits per heavy atom. The van der Waals surface area contributed by atoms with Gasteiger partial charge in [0.1, 0.15) is 0 Å². The first-order valence-electron chi connectivity index (χ1n) is 9.77. The molecule has 0 radical (unpaired) electrons. The molecule has 0 bridgehead atoms. The van der Waals surface area contributed by atoms with Crippen molar-refractivity contribution in [3.63, 3.8) is 0 Å². The molecule has 1 heterocycles. The van der Waals surface area contributed by atoms with Crippen molar-refractivity contribution in [2.24, 2.45) is 11.7 Å². The second-order valence-electron chi connectivity index (χ2n) is 7.71. The molecule has 1 saturated heterocycles. The Balaban J connectivity index is 1.90. The van der Waals surface area contributed by atoms with Crippen LogP contribution in [0.3, 0.4) is 0 Å². The van der Waals surface area contributed by atoms with Gasteiger partial charge in [-0.2, -0.15) is 0 Å². The van der Waals surface area contributed by atoms with Gasteiger partial charge in [-0.1, -0.05) is 58.3 Å². The maximum atomic E-state index is 6.63. The predicted molar refractivity (Wildman–Crippen MR) is 92.5 cm³/mol. The second kappa shape index (κ2) is 9.84. The molecule has 1 aliphatic heterocycles. The van der Waals surface area contributed by atoms with Gasteiger partial charge in [-0.3, -0.25) is 4.90 Å². The van der Waals surface area contributed by atoms with Crippen molar-refractivity contribution in [2.75, 3.05) is 13.1 Å². The van der Waals surface area contributed by atoms with Crippen LogP contribution in [0.25, 0.3) is 0 Å². The zero-order valence-electron chi connectivity index (χ0n) is 14.4. The van der Waals surface area contributed by atoms with Crippen molar-refractivity contribution in [1.82, 2.24) is 4.90 Å². The van der Waals surface area contributed by atoms with E-state index in [2.05, 4.69) is 11.8 Å². The van der Waals surface area contributed by atoms with E-state index in [1.54, 1.807) is 0 Å². The monoisotopic (exact) mass is 294 g/mol. The van der Waals surface area contributed by atoms with Crippen molar-refractivity contribution < 1.29 is 0 Å². The molecule has 2 heteroatoms. The highest BCUT2D eigenvalue weighted by molar-refractivity contribution is 4.84. The minimum atomic E-state index is 0.415. The van der Waals surface area contributed by atoms with Crippen LogP contribution in [0.1, 0.15) is 90.4 Å². The van der Waals surface area contributed by atoms with Crippen LogP contribution in [-0.4, -0.2) is 30.1 Å². The lowest BCUT2D eigenvalue weighted by atomic mass is 9.93. The first-order valence-corrected chi connectivity index (χ1v) is 9.77. The molecule has 2 fully saturated rings. The summed E-state index contributed by atoms with van der Waals surface area (Å²) in [5.74, 6) is 0.914. The van der Waals surface area contributed by atoms with Crippen molar-refractivity contribution in [1.29, 1.82) is 0 Å². The second-order valence-corrected chi connectivity index (χ2v) is 7.71. The molecule has 1 saturated carbocycles. The topological polar surface area (TPSA) is 29.3 Å². The molecule has 2 N–H and O–H groups in total. The Hall–Kier alpha value is -0.0800. The number of nitrogens with zero attached hydrogens (tertiary/aromatic N) is 1. The standard InChI is InChI=1S/C19H38N2/c1-17-11-10-15-21(16-14-17)19-13-9-7-5-3-2-4-6-8-12-18(19)20/h17-19H,2-16,20H2,1H3.